The molecule has 160 valence electrons. The molecule has 3 aromatic rings. The molecule has 0 saturated carbocycles. The van der Waals surface area contributed by atoms with Gasteiger partial charge in [0.2, 0.25) is 5.91 Å². The lowest BCUT2D eigenvalue weighted by Gasteiger charge is -2.28. The summed E-state index contributed by atoms with van der Waals surface area (Å²) >= 11 is 0. The molecule has 8 heteroatoms. The first-order valence-electron chi connectivity index (χ1n) is 10.00. The molecule has 1 amide bonds. The van der Waals surface area contributed by atoms with Crippen LogP contribution < -0.4 is 0 Å². The van der Waals surface area contributed by atoms with Crippen LogP contribution in [0.25, 0.3) is 11.0 Å². The minimum atomic E-state index is -1.04. The maximum Gasteiger partial charge on any atom is 0.327 e. The van der Waals surface area contributed by atoms with Gasteiger partial charge in [-0.1, -0.05) is 12.1 Å². The number of carboxylic acid groups (broad SMARTS) is 1. The second kappa shape index (κ2) is 8.67. The number of rotatable bonds is 6. The van der Waals surface area contributed by atoms with Gasteiger partial charge in [0.05, 0.1) is 13.1 Å². The second-order valence-electron chi connectivity index (χ2n) is 7.47. The highest BCUT2D eigenvalue weighted by atomic mass is 19.1. The van der Waals surface area contributed by atoms with Crippen molar-refractivity contribution in [3.8, 4) is 0 Å². The summed E-state index contributed by atoms with van der Waals surface area (Å²) in [5.74, 6) is -2.37. The quantitative estimate of drug-likeness (QED) is 0.612. The molecule has 0 bridgehead atoms. The number of aromatic nitrogens is 2. The van der Waals surface area contributed by atoms with Gasteiger partial charge in [-0.2, -0.15) is 0 Å². The lowest BCUT2D eigenvalue weighted by molar-refractivity contribution is -0.133. The molecule has 4 rings (SSSR count). The third-order valence-electron chi connectivity index (χ3n) is 5.50. The van der Waals surface area contributed by atoms with Crippen LogP contribution in [0.5, 0.6) is 0 Å². The molecule has 31 heavy (non-hydrogen) atoms. The summed E-state index contributed by atoms with van der Waals surface area (Å²) < 4.78 is 29.5. The number of nitrogens with zero attached hydrogens (tertiary/aromatic N) is 3. The number of benzene rings is 1. The van der Waals surface area contributed by atoms with Crippen LogP contribution in [0, 0.1) is 11.6 Å². The molecule has 6 nitrogen and oxygen atoms in total. The van der Waals surface area contributed by atoms with Gasteiger partial charge in [0.15, 0.2) is 0 Å². The smallest absolute Gasteiger partial charge is 0.327 e. The third kappa shape index (κ3) is 4.33. The summed E-state index contributed by atoms with van der Waals surface area (Å²) in [5, 5.41) is 9.62. The number of allylic oxidation sites excluding steroid dienone is 1. The van der Waals surface area contributed by atoms with E-state index in [1.54, 1.807) is 11.1 Å². The van der Waals surface area contributed by atoms with E-state index < -0.39 is 17.6 Å². The fraction of sp³-hybridized carbons (Fsp3) is 0.261. The fourth-order valence-corrected chi connectivity index (χ4v) is 4.01. The zero-order chi connectivity index (χ0) is 22.0. The summed E-state index contributed by atoms with van der Waals surface area (Å²) in [7, 11) is 0. The zero-order valence-electron chi connectivity index (χ0n) is 16.7. The molecule has 1 N–H and O–H groups in total. The van der Waals surface area contributed by atoms with Gasteiger partial charge in [0.1, 0.15) is 17.3 Å². The van der Waals surface area contributed by atoms with E-state index in [-0.39, 0.29) is 18.9 Å². The molecule has 0 unspecified atom stereocenters. The topological polar surface area (TPSA) is 75.4 Å². The predicted molar refractivity (Wildman–Crippen MR) is 110 cm³/mol. The summed E-state index contributed by atoms with van der Waals surface area (Å²) in [6, 6.07) is 7.32. The Morgan fingerprint density at radius 2 is 2.06 bits per heavy atom. The summed E-state index contributed by atoms with van der Waals surface area (Å²) in [6.07, 6.45) is 5.37. The van der Waals surface area contributed by atoms with Crippen molar-refractivity contribution < 1.29 is 23.5 Å². The number of fused-ring (bicyclic) bond motifs is 3. The van der Waals surface area contributed by atoms with Crippen LogP contribution in [0.4, 0.5) is 8.78 Å². The number of amides is 1. The van der Waals surface area contributed by atoms with Crippen LogP contribution in [-0.2, 0) is 29.1 Å². The maximum atomic E-state index is 14.3. The monoisotopic (exact) mass is 425 g/mol. The van der Waals surface area contributed by atoms with Gasteiger partial charge in [-0.05, 0) is 36.6 Å². The van der Waals surface area contributed by atoms with Crippen molar-refractivity contribution in [3.05, 3.63) is 77.1 Å². The molecule has 0 fully saturated rings. The first-order chi connectivity index (χ1) is 14.9. The van der Waals surface area contributed by atoms with Gasteiger partial charge < -0.3 is 14.6 Å². The summed E-state index contributed by atoms with van der Waals surface area (Å²) in [6.45, 7) is 1.09. The number of halogens is 2. The van der Waals surface area contributed by atoms with E-state index in [0.717, 1.165) is 28.8 Å². The average Bonchev–Trinajstić information content (AvgIpc) is 3.06. The molecular formula is C23H21F2N3O3. The first-order valence-corrected chi connectivity index (χ1v) is 10.00. The van der Waals surface area contributed by atoms with Crippen molar-refractivity contribution in [2.24, 2.45) is 0 Å². The standard InChI is InChI=1S/C23H21F2N3O3/c24-16-8-7-15(19(25)12-16)13-28-20-14-27(21(29)5-1-2-6-22(30)31)11-9-17(20)18-4-3-10-26-23(18)28/h2-4,6-8,10,12H,1,5,9,11,13-14H2,(H,30,31)/b6-2+. The Bertz CT molecular complexity index is 1190. The number of carboxylic acids is 1. The van der Waals surface area contributed by atoms with Crippen LogP contribution in [0.3, 0.4) is 0 Å². The normalized spacial score (nSPS) is 13.7. The van der Waals surface area contributed by atoms with E-state index in [0.29, 0.717) is 37.1 Å². The van der Waals surface area contributed by atoms with Gasteiger partial charge in [-0.3, -0.25) is 4.79 Å². The van der Waals surface area contributed by atoms with E-state index in [9.17, 15) is 18.4 Å². The molecule has 1 aliphatic heterocycles. The van der Waals surface area contributed by atoms with E-state index in [2.05, 4.69) is 4.98 Å². The highest BCUT2D eigenvalue weighted by molar-refractivity contribution is 5.84. The Kier molecular flexibility index (Phi) is 5.79. The first kappa shape index (κ1) is 20.7. The van der Waals surface area contributed by atoms with Crippen LogP contribution in [0.2, 0.25) is 0 Å². The molecule has 2 aromatic heterocycles. The van der Waals surface area contributed by atoms with Crippen molar-refractivity contribution in [2.45, 2.75) is 32.4 Å². The number of hydrogen-bond donors (Lipinski definition) is 1. The van der Waals surface area contributed by atoms with Gasteiger partial charge in [-0.25, -0.2) is 18.6 Å². The average molecular weight is 425 g/mol. The number of aliphatic carboxylic acids is 1. The van der Waals surface area contributed by atoms with E-state index in [1.165, 1.54) is 18.2 Å². The Labute approximate surface area is 177 Å². The molecule has 0 radical (unpaired) electrons. The largest absolute Gasteiger partial charge is 0.478 e. The summed E-state index contributed by atoms with van der Waals surface area (Å²) in [5.41, 5.74) is 3.02. The van der Waals surface area contributed by atoms with E-state index in [1.807, 2.05) is 16.7 Å². The molecule has 0 saturated heterocycles. The van der Waals surface area contributed by atoms with Gasteiger partial charge in [0, 0.05) is 47.9 Å². The number of pyridine rings is 1. The van der Waals surface area contributed by atoms with Crippen molar-refractivity contribution in [3.63, 3.8) is 0 Å². The van der Waals surface area contributed by atoms with Crippen molar-refractivity contribution in [1.82, 2.24) is 14.5 Å². The van der Waals surface area contributed by atoms with E-state index >= 15 is 0 Å². The lowest BCUT2D eigenvalue weighted by Crippen LogP contribution is -2.36. The van der Waals surface area contributed by atoms with Crippen LogP contribution in [0.15, 0.2) is 48.7 Å². The van der Waals surface area contributed by atoms with Gasteiger partial charge >= 0.3 is 5.97 Å². The minimum absolute atomic E-state index is 0.0709. The van der Waals surface area contributed by atoms with Gasteiger partial charge in [0.25, 0.3) is 0 Å². The molecular weight excluding hydrogens is 404 g/mol. The van der Waals surface area contributed by atoms with Crippen LogP contribution in [0.1, 0.15) is 29.7 Å². The van der Waals surface area contributed by atoms with Crippen molar-refractivity contribution in [2.75, 3.05) is 6.54 Å². The van der Waals surface area contributed by atoms with Crippen LogP contribution in [-0.4, -0.2) is 38.0 Å². The van der Waals surface area contributed by atoms with Crippen molar-refractivity contribution >= 4 is 22.9 Å². The van der Waals surface area contributed by atoms with Crippen LogP contribution >= 0.6 is 0 Å². The molecule has 0 spiro atoms. The number of carbonyl (C=O) groups excluding carboxylic acids is 1. The van der Waals surface area contributed by atoms with Gasteiger partial charge in [-0.15, -0.1) is 0 Å². The molecule has 1 aromatic carbocycles. The van der Waals surface area contributed by atoms with E-state index in [4.69, 9.17) is 5.11 Å². The minimum Gasteiger partial charge on any atom is -0.478 e. The number of hydrogen-bond acceptors (Lipinski definition) is 3. The predicted octanol–water partition coefficient (Wildman–Crippen LogP) is 3.67. The third-order valence-corrected chi connectivity index (χ3v) is 5.50. The molecule has 3 heterocycles. The Balaban J connectivity index is 1.62. The lowest BCUT2D eigenvalue weighted by atomic mass is 10.0. The Morgan fingerprint density at radius 3 is 2.84 bits per heavy atom. The summed E-state index contributed by atoms with van der Waals surface area (Å²) in [4.78, 5) is 29.4. The van der Waals surface area contributed by atoms with Crippen molar-refractivity contribution in [1.29, 1.82) is 0 Å². The fourth-order valence-electron chi connectivity index (χ4n) is 4.01. The molecule has 0 aliphatic carbocycles. The Morgan fingerprint density at radius 1 is 1.23 bits per heavy atom. The maximum absolute atomic E-state index is 14.3. The Hall–Kier alpha value is -3.55. The second-order valence-corrected chi connectivity index (χ2v) is 7.47. The zero-order valence-corrected chi connectivity index (χ0v) is 16.7. The highest BCUT2D eigenvalue weighted by Gasteiger charge is 2.27. The highest BCUT2D eigenvalue weighted by Crippen LogP contribution is 2.31. The number of carbonyl (C=O) groups is 2. The molecule has 0 atom stereocenters. The SMILES string of the molecule is O=C(O)/C=C/CCC(=O)N1CCc2c(n(Cc3ccc(F)cc3F)c3ncccc23)C1. The molecule has 1 aliphatic rings.